The third-order valence-corrected chi connectivity index (χ3v) is 5.25. The van der Waals surface area contributed by atoms with Gasteiger partial charge in [0.2, 0.25) is 20.0 Å². The van der Waals surface area contributed by atoms with Crippen LogP contribution in [0.3, 0.4) is 0 Å². The average molecular weight is 304 g/mol. The zero-order chi connectivity index (χ0) is 14.7. The smallest absolute Gasteiger partial charge is 0.225 e. The van der Waals surface area contributed by atoms with Gasteiger partial charge in [0.1, 0.15) is 0 Å². The largest absolute Gasteiger partial charge is 0.242 e. The third-order valence-electron chi connectivity index (χ3n) is 2.49. The highest BCUT2D eigenvalue weighted by Crippen LogP contribution is 2.18. The van der Waals surface area contributed by atoms with Crippen LogP contribution in [0.15, 0.2) is 46.7 Å². The summed E-state index contributed by atoms with van der Waals surface area (Å²) in [5.41, 5.74) is 0. The molecular weight excluding hydrogens is 288 g/mol. The second-order valence-electron chi connectivity index (χ2n) is 3.92. The molecule has 0 aliphatic heterocycles. The minimum atomic E-state index is -3.93. The van der Waals surface area contributed by atoms with Crippen molar-refractivity contribution in [3.8, 4) is 0 Å². The third kappa shape index (κ3) is 3.87. The summed E-state index contributed by atoms with van der Waals surface area (Å²) in [7, 11) is -6.24. The van der Waals surface area contributed by atoms with Crippen molar-refractivity contribution < 1.29 is 16.8 Å². The van der Waals surface area contributed by atoms with Crippen LogP contribution in [-0.2, 0) is 20.0 Å². The van der Waals surface area contributed by atoms with Crippen LogP contribution in [0, 0.1) is 0 Å². The van der Waals surface area contributed by atoms with Gasteiger partial charge in [0, 0.05) is 13.6 Å². The Morgan fingerprint density at radius 3 is 2.37 bits per heavy atom. The Balaban J connectivity index is 3.19. The second-order valence-corrected chi connectivity index (χ2v) is 7.53. The first-order valence-corrected chi connectivity index (χ1v) is 8.38. The lowest BCUT2D eigenvalue weighted by Crippen LogP contribution is -2.28. The van der Waals surface area contributed by atoms with E-state index in [0.717, 1.165) is 10.4 Å². The predicted octanol–water partition coefficient (Wildman–Crippen LogP) is 0.531. The lowest BCUT2D eigenvalue weighted by molar-refractivity contribution is 0.475. The quantitative estimate of drug-likeness (QED) is 0.775. The van der Waals surface area contributed by atoms with E-state index in [9.17, 15) is 16.8 Å². The van der Waals surface area contributed by atoms with Crippen molar-refractivity contribution in [3.05, 3.63) is 36.9 Å². The highest BCUT2D eigenvalue weighted by molar-refractivity contribution is 7.90. The molecule has 0 heterocycles. The van der Waals surface area contributed by atoms with Crippen LogP contribution in [0.1, 0.15) is 6.42 Å². The summed E-state index contributed by atoms with van der Waals surface area (Å²) >= 11 is 0. The van der Waals surface area contributed by atoms with Gasteiger partial charge < -0.3 is 0 Å². The molecule has 19 heavy (non-hydrogen) atoms. The Bertz CT molecular complexity index is 666. The molecule has 0 spiro atoms. The highest BCUT2D eigenvalue weighted by atomic mass is 32.2. The molecule has 0 saturated carbocycles. The van der Waals surface area contributed by atoms with E-state index in [1.54, 1.807) is 6.08 Å². The molecule has 0 aromatic heterocycles. The Labute approximate surface area is 113 Å². The maximum absolute atomic E-state index is 12.2. The van der Waals surface area contributed by atoms with E-state index < -0.39 is 20.0 Å². The van der Waals surface area contributed by atoms with Gasteiger partial charge in [0.15, 0.2) is 0 Å². The molecule has 0 bridgehead atoms. The first kappa shape index (κ1) is 15.8. The normalized spacial score (nSPS) is 12.6. The number of hydrogen-bond acceptors (Lipinski definition) is 4. The van der Waals surface area contributed by atoms with E-state index >= 15 is 0 Å². The van der Waals surface area contributed by atoms with Crippen molar-refractivity contribution in [1.29, 1.82) is 0 Å². The van der Waals surface area contributed by atoms with Crippen LogP contribution in [0.25, 0.3) is 0 Å². The lowest BCUT2D eigenvalue weighted by atomic mass is 10.4. The Morgan fingerprint density at radius 2 is 1.84 bits per heavy atom. The van der Waals surface area contributed by atoms with Gasteiger partial charge in [-0.2, -0.15) is 0 Å². The zero-order valence-electron chi connectivity index (χ0n) is 10.5. The fourth-order valence-electron chi connectivity index (χ4n) is 1.38. The first-order chi connectivity index (χ1) is 8.69. The van der Waals surface area contributed by atoms with Gasteiger partial charge in [-0.1, -0.05) is 12.1 Å². The molecule has 1 aromatic rings. The Morgan fingerprint density at radius 1 is 1.26 bits per heavy atom. The fraction of sp³-hybridized carbons (Fsp3) is 0.273. The maximum Gasteiger partial charge on any atom is 0.242 e. The summed E-state index contributed by atoms with van der Waals surface area (Å²) in [4.78, 5) is -0.337. The molecule has 0 aliphatic carbocycles. The monoisotopic (exact) mass is 304 g/mol. The van der Waals surface area contributed by atoms with E-state index in [0.29, 0.717) is 6.42 Å². The van der Waals surface area contributed by atoms with Crippen LogP contribution in [-0.4, -0.2) is 34.7 Å². The van der Waals surface area contributed by atoms with Crippen molar-refractivity contribution in [2.75, 3.05) is 13.6 Å². The number of rotatable bonds is 6. The predicted molar refractivity (Wildman–Crippen MR) is 72.4 cm³/mol. The molecule has 2 N–H and O–H groups in total. The van der Waals surface area contributed by atoms with Gasteiger partial charge >= 0.3 is 0 Å². The molecule has 0 aliphatic rings. The summed E-state index contributed by atoms with van der Waals surface area (Å²) in [5, 5.41) is 4.98. The molecule has 0 radical (unpaired) electrons. The molecule has 1 aromatic carbocycles. The van der Waals surface area contributed by atoms with Crippen LogP contribution >= 0.6 is 0 Å². The molecule has 0 atom stereocenters. The van der Waals surface area contributed by atoms with Crippen molar-refractivity contribution in [2.45, 2.75) is 16.2 Å². The molecule has 0 saturated heterocycles. The number of nitrogens with zero attached hydrogens (tertiary/aromatic N) is 1. The van der Waals surface area contributed by atoms with E-state index in [1.165, 1.54) is 25.2 Å². The molecule has 0 fully saturated rings. The molecule has 0 amide bonds. The topological polar surface area (TPSA) is 97.5 Å². The summed E-state index contributed by atoms with van der Waals surface area (Å²) in [6, 6.07) is 4.97. The van der Waals surface area contributed by atoms with Crippen LogP contribution in [0.5, 0.6) is 0 Å². The molecule has 6 nitrogen and oxygen atoms in total. The Kier molecular flexibility index (Phi) is 4.86. The molecule has 106 valence electrons. The molecular formula is C11H16N2O4S2. The van der Waals surface area contributed by atoms with E-state index in [1.807, 2.05) is 0 Å². The van der Waals surface area contributed by atoms with E-state index in [4.69, 9.17) is 5.14 Å². The van der Waals surface area contributed by atoms with Crippen molar-refractivity contribution in [2.24, 2.45) is 5.14 Å². The highest BCUT2D eigenvalue weighted by Gasteiger charge is 2.21. The minimum absolute atomic E-state index is 0.106. The summed E-state index contributed by atoms with van der Waals surface area (Å²) < 4.78 is 47.9. The SMILES string of the molecule is C=CCCN(C)S(=O)(=O)c1cccc(S(N)(=O)=O)c1. The summed E-state index contributed by atoms with van der Waals surface area (Å²) in [5.74, 6) is 0. The van der Waals surface area contributed by atoms with Crippen molar-refractivity contribution in [3.63, 3.8) is 0 Å². The van der Waals surface area contributed by atoms with Gasteiger partial charge in [0.25, 0.3) is 0 Å². The summed E-state index contributed by atoms with van der Waals surface area (Å²) in [6.07, 6.45) is 2.11. The molecule has 0 unspecified atom stereocenters. The maximum atomic E-state index is 12.2. The Hall–Kier alpha value is -1.22. The van der Waals surface area contributed by atoms with Gasteiger partial charge in [-0.25, -0.2) is 26.3 Å². The number of hydrogen-bond donors (Lipinski definition) is 1. The van der Waals surface area contributed by atoms with Gasteiger partial charge in [-0.3, -0.25) is 0 Å². The van der Waals surface area contributed by atoms with E-state index in [2.05, 4.69) is 6.58 Å². The van der Waals surface area contributed by atoms with Crippen molar-refractivity contribution in [1.82, 2.24) is 4.31 Å². The van der Waals surface area contributed by atoms with Gasteiger partial charge in [-0.05, 0) is 24.6 Å². The first-order valence-electron chi connectivity index (χ1n) is 5.39. The lowest BCUT2D eigenvalue weighted by Gasteiger charge is -2.16. The number of primary sulfonamides is 1. The average Bonchev–Trinajstić information content (AvgIpc) is 2.35. The van der Waals surface area contributed by atoms with Gasteiger partial charge in [0.05, 0.1) is 9.79 Å². The minimum Gasteiger partial charge on any atom is -0.225 e. The van der Waals surface area contributed by atoms with Gasteiger partial charge in [-0.15, -0.1) is 6.58 Å². The molecule has 1 rings (SSSR count). The van der Waals surface area contributed by atoms with Crippen LogP contribution in [0.4, 0.5) is 0 Å². The zero-order valence-corrected chi connectivity index (χ0v) is 12.1. The van der Waals surface area contributed by atoms with Crippen LogP contribution < -0.4 is 5.14 Å². The van der Waals surface area contributed by atoms with Crippen molar-refractivity contribution >= 4 is 20.0 Å². The summed E-state index contributed by atoms with van der Waals surface area (Å²) in [6.45, 7) is 3.79. The fourth-order valence-corrected chi connectivity index (χ4v) is 3.25. The number of nitrogens with two attached hydrogens (primary N) is 1. The second kappa shape index (κ2) is 5.83. The molecule has 8 heteroatoms. The number of sulfonamides is 2. The standard InChI is InChI=1S/C11H16N2O4S2/c1-3-4-8-13(2)19(16,17)11-7-5-6-10(9-11)18(12,14)15/h3,5-7,9H,1,4,8H2,2H3,(H2,12,14,15). The number of benzene rings is 1. The van der Waals surface area contributed by atoms with Crippen LogP contribution in [0.2, 0.25) is 0 Å². The van der Waals surface area contributed by atoms with E-state index in [-0.39, 0.29) is 16.3 Å².